The molecule has 6 nitrogen and oxygen atoms in total. The minimum Gasteiger partial charge on any atom is -0.497 e. The predicted octanol–water partition coefficient (Wildman–Crippen LogP) is 3.11. The van der Waals surface area contributed by atoms with Crippen molar-refractivity contribution in [3.63, 3.8) is 0 Å². The largest absolute Gasteiger partial charge is 0.497 e. The maximum atomic E-state index is 13.0. The SMILES string of the molecule is COc1cccc(C2(C(=O)NCc3ccc(C(=O)O)o3)CCCC2)c1. The lowest BCUT2D eigenvalue weighted by molar-refractivity contribution is -0.126. The van der Waals surface area contributed by atoms with Gasteiger partial charge in [-0.05, 0) is 42.7 Å². The van der Waals surface area contributed by atoms with E-state index in [9.17, 15) is 9.59 Å². The van der Waals surface area contributed by atoms with Crippen molar-refractivity contribution in [3.8, 4) is 5.75 Å². The third kappa shape index (κ3) is 3.38. The molecule has 1 heterocycles. The number of carbonyl (C=O) groups is 2. The summed E-state index contributed by atoms with van der Waals surface area (Å²) >= 11 is 0. The molecular weight excluding hydrogens is 322 g/mol. The maximum Gasteiger partial charge on any atom is 0.371 e. The molecule has 0 spiro atoms. The molecule has 3 rings (SSSR count). The summed E-state index contributed by atoms with van der Waals surface area (Å²) < 4.78 is 10.5. The van der Waals surface area contributed by atoms with Gasteiger partial charge in [-0.3, -0.25) is 4.79 Å². The third-order valence-corrected chi connectivity index (χ3v) is 4.81. The minimum absolute atomic E-state index is 0.0634. The van der Waals surface area contributed by atoms with E-state index in [-0.39, 0.29) is 18.2 Å². The van der Waals surface area contributed by atoms with Gasteiger partial charge in [0, 0.05) is 0 Å². The second-order valence-corrected chi connectivity index (χ2v) is 6.27. The van der Waals surface area contributed by atoms with E-state index in [4.69, 9.17) is 14.3 Å². The van der Waals surface area contributed by atoms with E-state index < -0.39 is 11.4 Å². The van der Waals surface area contributed by atoms with Crippen LogP contribution in [0.5, 0.6) is 5.75 Å². The Kier molecular flexibility index (Phi) is 4.79. The number of benzene rings is 1. The Labute approximate surface area is 145 Å². The Hall–Kier alpha value is -2.76. The number of rotatable bonds is 6. The zero-order valence-electron chi connectivity index (χ0n) is 14.1. The zero-order chi connectivity index (χ0) is 17.9. The van der Waals surface area contributed by atoms with Gasteiger partial charge in [0.15, 0.2) is 0 Å². The summed E-state index contributed by atoms with van der Waals surface area (Å²) in [6.07, 6.45) is 3.55. The van der Waals surface area contributed by atoms with Crippen molar-refractivity contribution in [1.82, 2.24) is 5.32 Å². The number of hydrogen-bond acceptors (Lipinski definition) is 4. The van der Waals surface area contributed by atoms with Gasteiger partial charge in [0.1, 0.15) is 11.5 Å². The Balaban J connectivity index is 1.77. The average molecular weight is 343 g/mol. The molecule has 2 aromatic rings. The summed E-state index contributed by atoms with van der Waals surface area (Å²) in [5, 5.41) is 11.8. The van der Waals surface area contributed by atoms with Gasteiger partial charge in [0.05, 0.1) is 19.1 Å². The summed E-state index contributed by atoms with van der Waals surface area (Å²) in [6.45, 7) is 0.165. The van der Waals surface area contributed by atoms with Gasteiger partial charge in [0.2, 0.25) is 11.7 Å². The fourth-order valence-corrected chi connectivity index (χ4v) is 3.47. The number of carbonyl (C=O) groups excluding carboxylic acids is 1. The molecule has 1 fully saturated rings. The smallest absolute Gasteiger partial charge is 0.371 e. The van der Waals surface area contributed by atoms with E-state index in [0.29, 0.717) is 5.76 Å². The first-order valence-corrected chi connectivity index (χ1v) is 8.30. The van der Waals surface area contributed by atoms with Crippen LogP contribution < -0.4 is 10.1 Å². The number of carboxylic acid groups (broad SMARTS) is 1. The van der Waals surface area contributed by atoms with Crippen molar-refractivity contribution in [3.05, 3.63) is 53.5 Å². The molecule has 25 heavy (non-hydrogen) atoms. The normalized spacial score (nSPS) is 15.7. The number of amides is 1. The van der Waals surface area contributed by atoms with Crippen molar-refractivity contribution in [2.24, 2.45) is 0 Å². The van der Waals surface area contributed by atoms with E-state index in [1.807, 2.05) is 24.3 Å². The molecule has 0 radical (unpaired) electrons. The molecular formula is C19H21NO5. The van der Waals surface area contributed by atoms with Crippen LogP contribution in [0.3, 0.4) is 0 Å². The zero-order valence-corrected chi connectivity index (χ0v) is 14.1. The van der Waals surface area contributed by atoms with E-state index in [2.05, 4.69) is 5.32 Å². The van der Waals surface area contributed by atoms with Crippen LogP contribution in [-0.4, -0.2) is 24.1 Å². The van der Waals surface area contributed by atoms with E-state index in [1.54, 1.807) is 13.2 Å². The molecule has 1 amide bonds. The Morgan fingerprint density at radius 2 is 2.00 bits per heavy atom. The van der Waals surface area contributed by atoms with Gasteiger partial charge in [-0.1, -0.05) is 25.0 Å². The quantitative estimate of drug-likeness (QED) is 0.841. The first-order valence-electron chi connectivity index (χ1n) is 8.30. The monoisotopic (exact) mass is 343 g/mol. The average Bonchev–Trinajstić information content (AvgIpc) is 3.30. The van der Waals surface area contributed by atoms with Crippen molar-refractivity contribution in [1.29, 1.82) is 0 Å². The van der Waals surface area contributed by atoms with E-state index in [1.165, 1.54) is 6.07 Å². The topological polar surface area (TPSA) is 88.8 Å². The van der Waals surface area contributed by atoms with Gasteiger partial charge in [0.25, 0.3) is 0 Å². The summed E-state index contributed by atoms with van der Waals surface area (Å²) in [5.74, 6) is -0.168. The van der Waals surface area contributed by atoms with Gasteiger partial charge in [-0.2, -0.15) is 0 Å². The molecule has 0 atom stereocenters. The van der Waals surface area contributed by atoms with Crippen LogP contribution in [0.25, 0.3) is 0 Å². The highest BCUT2D eigenvalue weighted by molar-refractivity contribution is 5.88. The fourth-order valence-electron chi connectivity index (χ4n) is 3.47. The summed E-state index contributed by atoms with van der Waals surface area (Å²) in [6, 6.07) is 10.6. The van der Waals surface area contributed by atoms with Crippen LogP contribution in [0.4, 0.5) is 0 Å². The van der Waals surface area contributed by atoms with Crippen molar-refractivity contribution < 1.29 is 23.8 Å². The maximum absolute atomic E-state index is 13.0. The van der Waals surface area contributed by atoms with Crippen molar-refractivity contribution in [2.45, 2.75) is 37.6 Å². The van der Waals surface area contributed by atoms with Crippen LogP contribution in [0, 0.1) is 0 Å². The highest BCUT2D eigenvalue weighted by Gasteiger charge is 2.42. The van der Waals surface area contributed by atoms with Crippen LogP contribution >= 0.6 is 0 Å². The molecule has 0 saturated heterocycles. The van der Waals surface area contributed by atoms with Crippen LogP contribution in [0.15, 0.2) is 40.8 Å². The molecule has 1 aromatic heterocycles. The van der Waals surface area contributed by atoms with Crippen LogP contribution in [0.1, 0.15) is 47.6 Å². The number of carboxylic acids is 1. The summed E-state index contributed by atoms with van der Waals surface area (Å²) in [7, 11) is 1.61. The molecule has 6 heteroatoms. The molecule has 1 aliphatic rings. The van der Waals surface area contributed by atoms with Gasteiger partial charge in [-0.15, -0.1) is 0 Å². The van der Waals surface area contributed by atoms with Gasteiger partial charge < -0.3 is 19.6 Å². The third-order valence-electron chi connectivity index (χ3n) is 4.81. The van der Waals surface area contributed by atoms with Crippen molar-refractivity contribution in [2.75, 3.05) is 7.11 Å². The first kappa shape index (κ1) is 17.1. The summed E-state index contributed by atoms with van der Waals surface area (Å²) in [4.78, 5) is 23.8. The highest BCUT2D eigenvalue weighted by atomic mass is 16.5. The number of nitrogens with one attached hydrogen (secondary N) is 1. The molecule has 1 saturated carbocycles. The standard InChI is InChI=1S/C19H21NO5/c1-24-14-6-4-5-13(11-14)19(9-2-3-10-19)18(23)20-12-15-7-8-16(25-15)17(21)22/h4-8,11H,2-3,9-10,12H2,1H3,(H,20,23)(H,21,22). The molecule has 2 N–H and O–H groups in total. The van der Waals surface area contributed by atoms with E-state index >= 15 is 0 Å². The highest BCUT2D eigenvalue weighted by Crippen LogP contribution is 2.42. The number of aromatic carboxylic acids is 1. The Bertz CT molecular complexity index is 774. The second kappa shape index (κ2) is 7.01. The molecule has 0 bridgehead atoms. The van der Waals surface area contributed by atoms with Crippen LogP contribution in [0.2, 0.25) is 0 Å². The number of furan rings is 1. The molecule has 0 unspecified atom stereocenters. The fraction of sp³-hybridized carbons (Fsp3) is 0.368. The Morgan fingerprint density at radius 3 is 2.64 bits per heavy atom. The Morgan fingerprint density at radius 1 is 1.24 bits per heavy atom. The first-order chi connectivity index (χ1) is 12.0. The predicted molar refractivity (Wildman–Crippen MR) is 90.7 cm³/mol. The van der Waals surface area contributed by atoms with Gasteiger partial charge in [-0.25, -0.2) is 4.79 Å². The minimum atomic E-state index is -1.12. The number of methoxy groups -OCH3 is 1. The number of ether oxygens (including phenoxy) is 1. The molecule has 132 valence electrons. The van der Waals surface area contributed by atoms with E-state index in [0.717, 1.165) is 37.0 Å². The lowest BCUT2D eigenvalue weighted by Gasteiger charge is -2.28. The lowest BCUT2D eigenvalue weighted by atomic mass is 9.78. The summed E-state index contributed by atoms with van der Waals surface area (Å²) in [5.41, 5.74) is 0.379. The molecule has 0 aliphatic heterocycles. The number of hydrogen-bond donors (Lipinski definition) is 2. The van der Waals surface area contributed by atoms with Crippen molar-refractivity contribution >= 4 is 11.9 Å². The second-order valence-electron chi connectivity index (χ2n) is 6.27. The lowest BCUT2D eigenvalue weighted by Crippen LogP contribution is -2.42. The van der Waals surface area contributed by atoms with Gasteiger partial charge >= 0.3 is 5.97 Å². The molecule has 1 aliphatic carbocycles. The van der Waals surface area contributed by atoms with Crippen LogP contribution in [-0.2, 0) is 16.8 Å². The molecule has 1 aromatic carbocycles.